The molecule has 3 rings (SSSR count). The number of aryl methyl sites for hydroxylation is 1. The highest BCUT2D eigenvalue weighted by molar-refractivity contribution is 9.10. The van der Waals surface area contributed by atoms with Gasteiger partial charge in [0.05, 0.1) is 6.54 Å². The largest absolute Gasteiger partial charge is 0.424 e. The van der Waals surface area contributed by atoms with E-state index in [4.69, 9.17) is 4.42 Å². The van der Waals surface area contributed by atoms with E-state index in [1.165, 1.54) is 10.8 Å². The van der Waals surface area contributed by atoms with E-state index in [-0.39, 0.29) is 0 Å². The summed E-state index contributed by atoms with van der Waals surface area (Å²) in [4.78, 5) is 0. The average molecular weight is 318 g/mol. The molecular weight excluding hydrogens is 306 g/mol. The first-order valence-corrected chi connectivity index (χ1v) is 6.72. The molecule has 0 amide bonds. The Kier molecular flexibility index (Phi) is 3.21. The average Bonchev–Trinajstić information content (AvgIpc) is 2.82. The Hall–Kier alpha value is -1.88. The van der Waals surface area contributed by atoms with Gasteiger partial charge in [-0.15, -0.1) is 10.2 Å². The number of hydrogen-bond acceptors (Lipinski definition) is 4. The van der Waals surface area contributed by atoms with Crippen molar-refractivity contribution in [2.45, 2.75) is 13.5 Å². The Morgan fingerprint density at radius 1 is 1.11 bits per heavy atom. The van der Waals surface area contributed by atoms with E-state index in [2.05, 4.69) is 55.7 Å². The molecule has 1 N–H and O–H groups in total. The van der Waals surface area contributed by atoms with Gasteiger partial charge in [-0.05, 0) is 35.0 Å². The van der Waals surface area contributed by atoms with Crippen LogP contribution in [0, 0.1) is 6.92 Å². The minimum absolute atomic E-state index is 0.531. The molecule has 1 heterocycles. The lowest BCUT2D eigenvalue weighted by atomic mass is 10.1. The van der Waals surface area contributed by atoms with Crippen molar-refractivity contribution in [2.24, 2.45) is 0 Å². The van der Waals surface area contributed by atoms with Gasteiger partial charge in [-0.3, -0.25) is 0 Å². The number of benzene rings is 2. The third kappa shape index (κ3) is 2.76. The molecule has 0 aliphatic rings. The summed E-state index contributed by atoms with van der Waals surface area (Å²) < 4.78 is 6.40. The summed E-state index contributed by atoms with van der Waals surface area (Å²) in [5.41, 5.74) is 1.03. The van der Waals surface area contributed by atoms with E-state index >= 15 is 0 Å². The van der Waals surface area contributed by atoms with E-state index in [9.17, 15) is 0 Å². The standard InChI is InChI=1S/C14H12BrN3O/c1-9-17-18-14(19-9)8-16-13-5-3-10-6-12(15)4-2-11(10)7-13/h2-7,16H,8H2,1H3. The predicted octanol–water partition coefficient (Wildman–Crippen LogP) is 3.91. The van der Waals surface area contributed by atoms with Crippen LogP contribution in [0.5, 0.6) is 0 Å². The van der Waals surface area contributed by atoms with Gasteiger partial charge in [0.2, 0.25) is 11.8 Å². The molecule has 0 aliphatic heterocycles. The predicted molar refractivity (Wildman–Crippen MR) is 78.0 cm³/mol. The van der Waals surface area contributed by atoms with Gasteiger partial charge < -0.3 is 9.73 Å². The highest BCUT2D eigenvalue weighted by atomic mass is 79.9. The number of rotatable bonds is 3. The Balaban J connectivity index is 1.79. The summed E-state index contributed by atoms with van der Waals surface area (Å²) in [6.07, 6.45) is 0. The molecule has 0 radical (unpaired) electrons. The van der Waals surface area contributed by atoms with Gasteiger partial charge in [0.1, 0.15) is 0 Å². The molecule has 0 unspecified atom stereocenters. The van der Waals surface area contributed by atoms with Crippen molar-refractivity contribution in [1.29, 1.82) is 0 Å². The Labute approximate surface area is 119 Å². The molecule has 0 bridgehead atoms. The van der Waals surface area contributed by atoms with E-state index in [0.29, 0.717) is 18.3 Å². The molecule has 0 fully saturated rings. The molecule has 4 nitrogen and oxygen atoms in total. The molecule has 0 atom stereocenters. The molecule has 0 saturated carbocycles. The maximum atomic E-state index is 5.32. The maximum absolute atomic E-state index is 5.32. The second-order valence-electron chi connectivity index (χ2n) is 4.27. The molecule has 3 aromatic rings. The zero-order valence-electron chi connectivity index (χ0n) is 10.4. The van der Waals surface area contributed by atoms with Gasteiger partial charge >= 0.3 is 0 Å². The SMILES string of the molecule is Cc1nnc(CNc2ccc3cc(Br)ccc3c2)o1. The number of hydrogen-bond donors (Lipinski definition) is 1. The van der Waals surface area contributed by atoms with Gasteiger partial charge in [0, 0.05) is 17.1 Å². The Morgan fingerprint density at radius 3 is 2.68 bits per heavy atom. The molecule has 0 saturated heterocycles. The van der Waals surface area contributed by atoms with Crippen molar-refractivity contribution in [3.05, 3.63) is 52.7 Å². The van der Waals surface area contributed by atoms with Crippen molar-refractivity contribution in [2.75, 3.05) is 5.32 Å². The van der Waals surface area contributed by atoms with Gasteiger partial charge in [-0.2, -0.15) is 0 Å². The molecular formula is C14H12BrN3O. The van der Waals surface area contributed by atoms with Crippen molar-refractivity contribution in [3.63, 3.8) is 0 Å². The van der Waals surface area contributed by atoms with Crippen LogP contribution in [-0.4, -0.2) is 10.2 Å². The van der Waals surface area contributed by atoms with E-state index in [0.717, 1.165) is 10.2 Å². The fourth-order valence-corrected chi connectivity index (χ4v) is 2.29. The number of nitrogens with one attached hydrogen (secondary N) is 1. The highest BCUT2D eigenvalue weighted by Crippen LogP contribution is 2.23. The van der Waals surface area contributed by atoms with E-state index in [1.807, 2.05) is 12.1 Å². The maximum Gasteiger partial charge on any atom is 0.235 e. The lowest BCUT2D eigenvalue weighted by Gasteiger charge is -2.05. The quantitative estimate of drug-likeness (QED) is 0.795. The Morgan fingerprint density at radius 2 is 1.89 bits per heavy atom. The molecule has 0 aliphatic carbocycles. The summed E-state index contributed by atoms with van der Waals surface area (Å²) in [7, 11) is 0. The van der Waals surface area contributed by atoms with Crippen LogP contribution in [0.1, 0.15) is 11.8 Å². The number of fused-ring (bicyclic) bond motifs is 1. The molecule has 5 heteroatoms. The normalized spacial score (nSPS) is 10.8. The monoisotopic (exact) mass is 317 g/mol. The van der Waals surface area contributed by atoms with Crippen LogP contribution < -0.4 is 5.32 Å². The number of anilines is 1. The molecule has 2 aromatic carbocycles. The third-order valence-electron chi connectivity index (χ3n) is 2.81. The molecule has 1 aromatic heterocycles. The molecule has 0 spiro atoms. The second kappa shape index (κ2) is 5.01. The summed E-state index contributed by atoms with van der Waals surface area (Å²) in [5.74, 6) is 1.17. The first kappa shape index (κ1) is 12.2. The fraction of sp³-hybridized carbons (Fsp3) is 0.143. The fourth-order valence-electron chi connectivity index (χ4n) is 1.91. The first-order chi connectivity index (χ1) is 9.20. The third-order valence-corrected chi connectivity index (χ3v) is 3.31. The van der Waals surface area contributed by atoms with Crippen LogP contribution in [0.3, 0.4) is 0 Å². The summed E-state index contributed by atoms with van der Waals surface area (Å²) in [5, 5.41) is 13.4. The summed E-state index contributed by atoms with van der Waals surface area (Å²) in [6, 6.07) is 12.4. The zero-order valence-corrected chi connectivity index (χ0v) is 11.9. The van der Waals surface area contributed by atoms with Crippen molar-refractivity contribution in [1.82, 2.24) is 10.2 Å². The van der Waals surface area contributed by atoms with E-state index in [1.54, 1.807) is 6.92 Å². The van der Waals surface area contributed by atoms with Gasteiger partial charge in [0.25, 0.3) is 0 Å². The van der Waals surface area contributed by atoms with Crippen molar-refractivity contribution in [3.8, 4) is 0 Å². The minimum Gasteiger partial charge on any atom is -0.424 e. The summed E-state index contributed by atoms with van der Waals surface area (Å²) in [6.45, 7) is 2.31. The van der Waals surface area contributed by atoms with Gasteiger partial charge in [-0.1, -0.05) is 28.1 Å². The van der Waals surface area contributed by atoms with Crippen LogP contribution in [-0.2, 0) is 6.54 Å². The van der Waals surface area contributed by atoms with Crippen LogP contribution in [0.25, 0.3) is 10.8 Å². The van der Waals surface area contributed by atoms with Gasteiger partial charge in [0.15, 0.2) is 0 Å². The minimum atomic E-state index is 0.531. The van der Waals surface area contributed by atoms with Gasteiger partial charge in [-0.25, -0.2) is 0 Å². The lowest BCUT2D eigenvalue weighted by Crippen LogP contribution is -1.99. The number of halogens is 1. The molecule has 96 valence electrons. The topological polar surface area (TPSA) is 51.0 Å². The summed E-state index contributed by atoms with van der Waals surface area (Å²) >= 11 is 3.47. The Bertz CT molecular complexity index is 724. The number of aromatic nitrogens is 2. The smallest absolute Gasteiger partial charge is 0.235 e. The second-order valence-corrected chi connectivity index (χ2v) is 5.19. The van der Waals surface area contributed by atoms with Crippen LogP contribution in [0.2, 0.25) is 0 Å². The highest BCUT2D eigenvalue weighted by Gasteiger charge is 2.02. The first-order valence-electron chi connectivity index (χ1n) is 5.93. The van der Waals surface area contributed by atoms with Crippen molar-refractivity contribution >= 4 is 32.4 Å². The number of nitrogens with zero attached hydrogens (tertiary/aromatic N) is 2. The van der Waals surface area contributed by atoms with E-state index < -0.39 is 0 Å². The zero-order chi connectivity index (χ0) is 13.2. The lowest BCUT2D eigenvalue weighted by molar-refractivity contribution is 0.475. The van der Waals surface area contributed by atoms with Crippen LogP contribution in [0.15, 0.2) is 45.3 Å². The van der Waals surface area contributed by atoms with Crippen LogP contribution >= 0.6 is 15.9 Å². The van der Waals surface area contributed by atoms with Crippen LogP contribution in [0.4, 0.5) is 5.69 Å². The molecule has 19 heavy (non-hydrogen) atoms. The van der Waals surface area contributed by atoms with Crippen molar-refractivity contribution < 1.29 is 4.42 Å².